The Hall–Kier alpha value is -8.50. The lowest BCUT2D eigenvalue weighted by atomic mass is 9.73. The van der Waals surface area contributed by atoms with Crippen molar-refractivity contribution in [2.24, 2.45) is 56.7 Å². The second-order valence-electron chi connectivity index (χ2n) is 42.6. The van der Waals surface area contributed by atoms with Crippen molar-refractivity contribution in [1.29, 1.82) is 0 Å². The summed E-state index contributed by atoms with van der Waals surface area (Å²) in [4.78, 5) is 21.7. The molecule has 5 aromatic carbocycles. The summed E-state index contributed by atoms with van der Waals surface area (Å²) in [5, 5.41) is 57.3. The first-order valence-electron chi connectivity index (χ1n) is 51.2. The lowest BCUT2D eigenvalue weighted by Gasteiger charge is -2.42. The molecule has 140 heavy (non-hydrogen) atoms. The first kappa shape index (κ1) is 97.6. The molecule has 5 N–H and O–H groups in total. The molecule has 0 bridgehead atoms. The molecule has 5 aliphatic carbocycles. The van der Waals surface area contributed by atoms with Crippen LogP contribution in [0.3, 0.4) is 0 Å². The number of aliphatic hydroxyl groups is 5. The molecular formula is C105H135N15O15S5. The van der Waals surface area contributed by atoms with E-state index in [1.54, 1.807) is 56.1 Å². The van der Waals surface area contributed by atoms with Crippen molar-refractivity contribution in [3.05, 3.63) is 212 Å². The normalized spacial score (nSPS) is 29.1. The Morgan fingerprint density at radius 1 is 0.243 bits per heavy atom. The molecule has 10 fully saturated rings. The summed E-state index contributed by atoms with van der Waals surface area (Å²) in [7, 11) is -15.7. The molecule has 0 amide bonds. The van der Waals surface area contributed by atoms with Crippen LogP contribution >= 0.6 is 0 Å². The minimum atomic E-state index is -3.15. The topological polar surface area (TPSA) is 377 Å². The molecule has 5 aromatic heterocycles. The molecule has 750 valence electrons. The van der Waals surface area contributed by atoms with E-state index in [4.69, 9.17) is 0 Å². The first-order chi connectivity index (χ1) is 67.3. The monoisotopic (exact) mass is 2010 g/mol. The molecule has 15 heterocycles. The summed E-state index contributed by atoms with van der Waals surface area (Å²) in [6, 6.07) is 42.6. The fraction of sp³-hybridized carbons (Fsp3) is 0.571. The molecule has 25 rings (SSSR count). The van der Waals surface area contributed by atoms with Crippen molar-refractivity contribution in [1.82, 2.24) is 69.3 Å². The van der Waals surface area contributed by atoms with Gasteiger partial charge in [-0.15, -0.1) is 0 Å². The Morgan fingerprint density at radius 2 is 0.393 bits per heavy atom. The zero-order chi connectivity index (χ0) is 97.6. The summed E-state index contributed by atoms with van der Waals surface area (Å²) in [6.07, 6.45) is 33.9. The molecule has 0 unspecified atom stereocenters. The fourth-order valence-electron chi connectivity index (χ4n) is 29.0. The van der Waals surface area contributed by atoms with Crippen LogP contribution in [0.4, 0.5) is 0 Å². The average molecular weight is 2010 g/mol. The molecule has 5 saturated carbocycles. The summed E-state index contributed by atoms with van der Waals surface area (Å²) in [5.41, 5.74) is 17.2. The maximum absolute atomic E-state index is 12.2. The van der Waals surface area contributed by atoms with E-state index in [0.29, 0.717) is 65.4 Å². The van der Waals surface area contributed by atoms with Crippen LogP contribution in [-0.4, -0.2) is 262 Å². The highest BCUT2D eigenvalue weighted by molar-refractivity contribution is 7.90. The molecule has 15 aliphatic rings. The van der Waals surface area contributed by atoms with Gasteiger partial charge in [0, 0.05) is 123 Å². The lowest BCUT2D eigenvalue weighted by Crippen LogP contribution is -2.47. The van der Waals surface area contributed by atoms with Crippen LogP contribution in [0.5, 0.6) is 0 Å². The zero-order valence-corrected chi connectivity index (χ0v) is 84.9. The highest BCUT2D eigenvalue weighted by Crippen LogP contribution is 2.63. The van der Waals surface area contributed by atoms with Gasteiger partial charge < -0.3 is 48.4 Å². The Bertz CT molecular complexity index is 5900. The molecule has 10 aromatic rings. The number of fused-ring (bicyclic) bond motifs is 15. The van der Waals surface area contributed by atoms with Crippen LogP contribution < -0.4 is 0 Å². The average Bonchev–Trinajstić information content (AvgIpc) is 1.59. The smallest absolute Gasteiger partial charge is 0.213 e. The number of nitrogens with zero attached hydrogens (tertiary/aromatic N) is 15. The van der Waals surface area contributed by atoms with Gasteiger partial charge in [-0.05, 0) is 218 Å². The van der Waals surface area contributed by atoms with Gasteiger partial charge in [-0.25, -0.2) is 88.5 Å². The van der Waals surface area contributed by atoms with Crippen LogP contribution in [0, 0.1) is 56.7 Å². The van der Waals surface area contributed by atoms with Crippen molar-refractivity contribution < 1.29 is 67.6 Å². The molecular weight excluding hydrogens is 1870 g/mol. The van der Waals surface area contributed by atoms with Crippen LogP contribution in [0.1, 0.15) is 221 Å². The van der Waals surface area contributed by atoms with E-state index < -0.39 is 80.6 Å². The minimum Gasteiger partial charge on any atom is -0.392 e. The van der Waals surface area contributed by atoms with E-state index in [0.717, 1.165) is 157 Å². The fourth-order valence-corrected chi connectivity index (χ4v) is 34.5. The second-order valence-corrected chi connectivity index (χ2v) is 53.9. The summed E-state index contributed by atoms with van der Waals surface area (Å²) >= 11 is 0. The van der Waals surface area contributed by atoms with Crippen molar-refractivity contribution in [2.75, 3.05) is 94.2 Å². The third-order valence-corrected chi connectivity index (χ3v) is 46.5. The molecule has 30 nitrogen and oxygen atoms in total. The number of sulfonamides is 5. The molecule has 35 heteroatoms. The Labute approximate surface area is 824 Å². The van der Waals surface area contributed by atoms with E-state index in [-0.39, 0.29) is 116 Å². The van der Waals surface area contributed by atoms with Gasteiger partial charge in [0.05, 0.1) is 181 Å². The number of aromatic nitrogens is 10. The number of rotatable bonds is 15. The van der Waals surface area contributed by atoms with Crippen LogP contribution in [0.25, 0.3) is 56.3 Å². The standard InChI is InChI=1S/5C21H27N3O3S/c5*1-2-28(26,27)23-11-9-21(10-12-23)8-7-17(20(21)25)19-16-6-4-3-5-15(16)18-13-22-14-24(18)19/h5*3-6,13-14,17,19-20,25H,2,7-12H2,1H3/t2*17-,19+,20+;2*17-,19+,20-;17-,19-,20+/m10100/s1. The molecule has 10 aliphatic heterocycles. The number of benzene rings is 5. The van der Waals surface area contributed by atoms with Gasteiger partial charge in [-0.3, -0.25) is 0 Å². The van der Waals surface area contributed by atoms with Gasteiger partial charge in [0.25, 0.3) is 0 Å². The summed E-state index contributed by atoms with van der Waals surface area (Å²) in [5.74, 6) is 1.38. The zero-order valence-electron chi connectivity index (χ0n) is 80.8. The number of hydrogen-bond acceptors (Lipinski definition) is 20. The van der Waals surface area contributed by atoms with Gasteiger partial charge in [0.15, 0.2) is 0 Å². The Balaban J connectivity index is 0.000000104. The van der Waals surface area contributed by atoms with Crippen molar-refractivity contribution in [3.8, 4) is 56.3 Å². The predicted octanol–water partition coefficient (Wildman–Crippen LogP) is 13.3. The predicted molar refractivity (Wildman–Crippen MR) is 536 cm³/mol. The van der Waals surface area contributed by atoms with Crippen LogP contribution in [0.15, 0.2) is 184 Å². The molecule has 0 radical (unpaired) electrons. The van der Waals surface area contributed by atoms with Crippen LogP contribution in [-0.2, 0) is 50.1 Å². The van der Waals surface area contributed by atoms with Gasteiger partial charge in [0.1, 0.15) is 0 Å². The van der Waals surface area contributed by atoms with E-state index in [1.165, 1.54) is 55.6 Å². The lowest BCUT2D eigenvalue weighted by molar-refractivity contribution is -0.0146. The Kier molecular flexibility index (Phi) is 26.2. The quantitative estimate of drug-likeness (QED) is 0.0636. The van der Waals surface area contributed by atoms with Crippen molar-refractivity contribution in [2.45, 2.75) is 224 Å². The third-order valence-electron chi connectivity index (χ3n) is 37.1. The van der Waals surface area contributed by atoms with Gasteiger partial charge in [-0.2, -0.15) is 0 Å². The Morgan fingerprint density at radius 3 is 0.543 bits per heavy atom. The molecule has 5 spiro atoms. The van der Waals surface area contributed by atoms with Crippen LogP contribution in [0.2, 0.25) is 0 Å². The van der Waals surface area contributed by atoms with Gasteiger partial charge in [0.2, 0.25) is 50.1 Å². The SMILES string of the molecule is CCS(=O)(=O)N1CCC2(CC[C@@H]([C@@H]3c4ccccc4-c4cncn43)[C@H]2O)CC1.CCS(=O)(=O)N1CCC2(CC[C@@H]([C@H]3c4ccccc4-c4cncn43)[C@@H]2O)CC1.CCS(=O)(=O)N1CCC2(CC[C@@H]([C@H]3c4ccccc4-c4cncn43)[C@H]2O)CC1.CCS(=O)(=O)N1CCC2(CC[C@H]([C@@H]3c4ccccc4-c4cncn43)[C@@H]2O)CC1.CCS(=O)(=O)N1CCC2(CC[C@H]([C@@H]3c4ccccc4-c4cncn43)[C@H]2O)CC1. The van der Waals surface area contributed by atoms with E-state index in [2.05, 4.69) is 169 Å². The largest absolute Gasteiger partial charge is 0.392 e. The molecule has 5 saturated heterocycles. The number of imidazole rings is 5. The highest BCUT2D eigenvalue weighted by atomic mass is 32.2. The maximum Gasteiger partial charge on any atom is 0.213 e. The number of piperidine rings is 5. The van der Waals surface area contributed by atoms with E-state index >= 15 is 0 Å². The highest BCUT2D eigenvalue weighted by Gasteiger charge is 2.60. The van der Waals surface area contributed by atoms with Crippen molar-refractivity contribution >= 4 is 50.1 Å². The maximum atomic E-state index is 12.2. The summed E-state index contributed by atoms with van der Waals surface area (Å²) < 4.78 is 141. The second kappa shape index (κ2) is 37.5. The van der Waals surface area contributed by atoms with E-state index in [1.807, 2.05) is 62.6 Å². The van der Waals surface area contributed by atoms with E-state index in [9.17, 15) is 67.6 Å². The minimum absolute atomic E-state index is 0.112. The van der Waals surface area contributed by atoms with Gasteiger partial charge >= 0.3 is 0 Å². The summed E-state index contributed by atoms with van der Waals surface area (Å²) in [6.45, 7) is 13.7. The number of hydrogen-bond donors (Lipinski definition) is 5. The van der Waals surface area contributed by atoms with Crippen molar-refractivity contribution in [3.63, 3.8) is 0 Å². The molecule has 15 atom stereocenters. The van der Waals surface area contributed by atoms with Gasteiger partial charge in [-0.1, -0.05) is 121 Å². The third kappa shape index (κ3) is 16.4. The number of aliphatic hydroxyl groups excluding tert-OH is 5. The first-order valence-corrected chi connectivity index (χ1v) is 59.2.